The van der Waals surface area contributed by atoms with E-state index >= 15 is 0 Å². The highest BCUT2D eigenvalue weighted by molar-refractivity contribution is 6.19. The molecule has 8 heteroatoms. The second kappa shape index (κ2) is 10.3. The minimum absolute atomic E-state index is 0.0351. The van der Waals surface area contributed by atoms with Gasteiger partial charge in [0.25, 0.3) is 11.8 Å². The number of esters is 1. The van der Waals surface area contributed by atoms with Crippen LogP contribution in [0.15, 0.2) is 34.9 Å². The molecule has 0 saturated carbocycles. The Morgan fingerprint density at radius 2 is 1.97 bits per heavy atom. The molecule has 0 aliphatic carbocycles. The first kappa shape index (κ1) is 22.7. The number of methoxy groups -OCH3 is 1. The monoisotopic (exact) mass is 412 g/mol. The van der Waals surface area contributed by atoms with Crippen LogP contribution in [0.2, 0.25) is 0 Å². The van der Waals surface area contributed by atoms with Crippen LogP contribution in [0.1, 0.15) is 32.8 Å². The number of hydrogen-bond acceptors (Lipinski definition) is 7. The summed E-state index contributed by atoms with van der Waals surface area (Å²) >= 11 is 0. The number of nitriles is 1. The SMILES string of the molecule is CCOc1ccc(/C=C2/C(=O)N(CCCOC(C)=O)C(=O)C(C#N)=C2C)cc1OC. The van der Waals surface area contributed by atoms with Gasteiger partial charge in [-0.2, -0.15) is 5.26 Å². The first-order chi connectivity index (χ1) is 14.3. The summed E-state index contributed by atoms with van der Waals surface area (Å²) in [6, 6.07) is 7.10. The van der Waals surface area contributed by atoms with Crippen LogP contribution in [0.3, 0.4) is 0 Å². The van der Waals surface area contributed by atoms with Crippen molar-refractivity contribution in [2.24, 2.45) is 0 Å². The summed E-state index contributed by atoms with van der Waals surface area (Å²) in [6.07, 6.45) is 1.89. The average Bonchev–Trinajstić information content (AvgIpc) is 2.71. The van der Waals surface area contributed by atoms with Crippen molar-refractivity contribution in [2.75, 3.05) is 26.9 Å². The Kier molecular flexibility index (Phi) is 7.76. The summed E-state index contributed by atoms with van der Waals surface area (Å²) in [5.74, 6) is -0.517. The van der Waals surface area contributed by atoms with Gasteiger partial charge in [-0.15, -0.1) is 0 Å². The van der Waals surface area contributed by atoms with Crippen molar-refractivity contribution in [1.29, 1.82) is 5.26 Å². The predicted molar refractivity (Wildman–Crippen MR) is 108 cm³/mol. The Morgan fingerprint density at radius 1 is 1.23 bits per heavy atom. The summed E-state index contributed by atoms with van der Waals surface area (Å²) in [6.45, 7) is 5.30. The summed E-state index contributed by atoms with van der Waals surface area (Å²) < 4.78 is 15.7. The third-order valence-electron chi connectivity index (χ3n) is 4.46. The number of nitrogens with zero attached hydrogens (tertiary/aromatic N) is 2. The smallest absolute Gasteiger partial charge is 0.302 e. The molecule has 1 aliphatic heterocycles. The van der Waals surface area contributed by atoms with E-state index in [1.54, 1.807) is 31.2 Å². The Morgan fingerprint density at radius 3 is 2.57 bits per heavy atom. The van der Waals surface area contributed by atoms with E-state index in [2.05, 4.69) is 0 Å². The van der Waals surface area contributed by atoms with Gasteiger partial charge in [-0.1, -0.05) is 6.07 Å². The highest BCUT2D eigenvalue weighted by atomic mass is 16.5. The molecule has 0 atom stereocenters. The quantitative estimate of drug-likeness (QED) is 0.280. The zero-order valence-electron chi connectivity index (χ0n) is 17.5. The van der Waals surface area contributed by atoms with Gasteiger partial charge in [0.15, 0.2) is 11.5 Å². The van der Waals surface area contributed by atoms with Gasteiger partial charge < -0.3 is 14.2 Å². The van der Waals surface area contributed by atoms with Crippen molar-refractivity contribution in [3.8, 4) is 17.6 Å². The zero-order chi connectivity index (χ0) is 22.3. The van der Waals surface area contributed by atoms with Gasteiger partial charge in [0, 0.05) is 19.0 Å². The number of benzene rings is 1. The van der Waals surface area contributed by atoms with Gasteiger partial charge in [0.2, 0.25) is 0 Å². The normalized spacial score (nSPS) is 15.3. The van der Waals surface area contributed by atoms with E-state index in [1.165, 1.54) is 14.0 Å². The van der Waals surface area contributed by atoms with Gasteiger partial charge in [-0.05, 0) is 49.6 Å². The molecule has 1 aromatic rings. The molecular weight excluding hydrogens is 388 g/mol. The summed E-state index contributed by atoms with van der Waals surface area (Å²) in [5.41, 5.74) is 1.12. The largest absolute Gasteiger partial charge is 0.493 e. The molecule has 0 saturated heterocycles. The Labute approximate surface area is 175 Å². The van der Waals surface area contributed by atoms with E-state index in [1.807, 2.05) is 13.0 Å². The first-order valence-electron chi connectivity index (χ1n) is 9.47. The fourth-order valence-electron chi connectivity index (χ4n) is 2.99. The molecule has 30 heavy (non-hydrogen) atoms. The van der Waals surface area contributed by atoms with Crippen molar-refractivity contribution in [1.82, 2.24) is 4.90 Å². The lowest BCUT2D eigenvalue weighted by Crippen LogP contribution is -2.43. The second-order valence-corrected chi connectivity index (χ2v) is 6.47. The first-order valence-corrected chi connectivity index (χ1v) is 9.47. The molecule has 0 aromatic heterocycles. The van der Waals surface area contributed by atoms with Crippen LogP contribution in [0.25, 0.3) is 6.08 Å². The van der Waals surface area contributed by atoms with Crippen LogP contribution in [-0.4, -0.2) is 49.6 Å². The van der Waals surface area contributed by atoms with Crippen LogP contribution in [-0.2, 0) is 19.1 Å². The van der Waals surface area contributed by atoms with Gasteiger partial charge in [-0.3, -0.25) is 19.3 Å². The van der Waals surface area contributed by atoms with Crippen molar-refractivity contribution in [3.05, 3.63) is 40.5 Å². The predicted octanol–water partition coefficient (Wildman–Crippen LogP) is 2.64. The maximum Gasteiger partial charge on any atom is 0.302 e. The van der Waals surface area contributed by atoms with Crippen molar-refractivity contribution >= 4 is 23.9 Å². The van der Waals surface area contributed by atoms with Crippen molar-refractivity contribution < 1.29 is 28.6 Å². The standard InChI is InChI=1S/C22H24N2O6/c1-5-29-19-8-7-16(12-20(19)28-4)11-17-14(2)18(13-23)22(27)24(21(17)26)9-6-10-30-15(3)25/h7-8,11-12H,5-6,9-10H2,1-4H3/b17-11+. The zero-order valence-corrected chi connectivity index (χ0v) is 17.5. The van der Waals surface area contributed by atoms with Gasteiger partial charge in [0.1, 0.15) is 11.6 Å². The van der Waals surface area contributed by atoms with Crippen LogP contribution >= 0.6 is 0 Å². The highest BCUT2D eigenvalue weighted by Gasteiger charge is 2.35. The Hall–Kier alpha value is -3.60. The molecule has 0 unspecified atom stereocenters. The molecule has 8 nitrogen and oxygen atoms in total. The molecule has 0 radical (unpaired) electrons. The number of carbonyl (C=O) groups excluding carboxylic acids is 3. The van der Waals surface area contributed by atoms with Crippen LogP contribution in [0.5, 0.6) is 11.5 Å². The lowest BCUT2D eigenvalue weighted by molar-refractivity contribution is -0.141. The number of hydrogen-bond donors (Lipinski definition) is 0. The van der Waals surface area contributed by atoms with Crippen molar-refractivity contribution in [2.45, 2.75) is 27.2 Å². The maximum atomic E-state index is 13.0. The highest BCUT2D eigenvalue weighted by Crippen LogP contribution is 2.31. The minimum atomic E-state index is -0.649. The fraction of sp³-hybridized carbons (Fsp3) is 0.364. The van der Waals surface area contributed by atoms with E-state index in [-0.39, 0.29) is 30.7 Å². The molecule has 0 bridgehead atoms. The molecule has 0 spiro atoms. The van der Waals surface area contributed by atoms with Crippen LogP contribution < -0.4 is 9.47 Å². The minimum Gasteiger partial charge on any atom is -0.493 e. The molecule has 2 rings (SSSR count). The summed E-state index contributed by atoms with van der Waals surface area (Å²) in [4.78, 5) is 37.5. The third-order valence-corrected chi connectivity index (χ3v) is 4.46. The lowest BCUT2D eigenvalue weighted by Gasteiger charge is -2.27. The molecule has 158 valence electrons. The number of carbonyl (C=O) groups is 3. The van der Waals surface area contributed by atoms with Gasteiger partial charge >= 0.3 is 5.97 Å². The number of ether oxygens (including phenoxy) is 3. The summed E-state index contributed by atoms with van der Waals surface area (Å²) in [7, 11) is 1.52. The van der Waals surface area contributed by atoms with E-state index in [0.717, 1.165) is 4.90 Å². The summed E-state index contributed by atoms with van der Waals surface area (Å²) in [5, 5.41) is 9.44. The Bertz CT molecular complexity index is 955. The average molecular weight is 412 g/mol. The van der Waals surface area contributed by atoms with Crippen LogP contribution in [0.4, 0.5) is 0 Å². The fourth-order valence-corrected chi connectivity index (χ4v) is 2.99. The topological polar surface area (TPSA) is 106 Å². The van der Waals surface area contributed by atoms with E-state index in [9.17, 15) is 19.6 Å². The van der Waals surface area contributed by atoms with E-state index in [0.29, 0.717) is 29.2 Å². The molecule has 2 amide bonds. The molecule has 1 aliphatic rings. The third kappa shape index (κ3) is 5.06. The van der Waals surface area contributed by atoms with Gasteiger partial charge in [0.05, 0.1) is 20.3 Å². The Balaban J connectivity index is 2.38. The number of amides is 2. The van der Waals surface area contributed by atoms with Gasteiger partial charge in [-0.25, -0.2) is 0 Å². The molecular formula is C22H24N2O6. The molecule has 0 fully saturated rings. The molecule has 1 aromatic carbocycles. The van der Waals surface area contributed by atoms with Crippen LogP contribution in [0, 0.1) is 11.3 Å². The van der Waals surface area contributed by atoms with E-state index < -0.39 is 17.8 Å². The molecule has 1 heterocycles. The number of imide groups is 1. The van der Waals surface area contributed by atoms with E-state index in [4.69, 9.17) is 14.2 Å². The lowest BCUT2D eigenvalue weighted by atomic mass is 9.93. The van der Waals surface area contributed by atoms with Crippen molar-refractivity contribution in [3.63, 3.8) is 0 Å². The number of rotatable bonds is 8. The second-order valence-electron chi connectivity index (χ2n) is 6.47. The molecule has 0 N–H and O–H groups in total. The maximum absolute atomic E-state index is 13.0.